The highest BCUT2D eigenvalue weighted by atomic mass is 16.5. The van der Waals surface area contributed by atoms with E-state index in [-0.39, 0.29) is 5.91 Å². The SMILES string of the molecule is COCCC1(C)Nc2c(cnc3[nH]ccc23)NC1=O. The van der Waals surface area contributed by atoms with Gasteiger partial charge in [0.2, 0.25) is 5.91 Å². The molecule has 3 rings (SSSR count). The second kappa shape index (κ2) is 4.24. The van der Waals surface area contributed by atoms with Gasteiger partial charge in [-0.1, -0.05) is 0 Å². The Hall–Kier alpha value is -2.08. The number of nitrogens with one attached hydrogen (secondary N) is 3. The minimum Gasteiger partial charge on any atom is -0.385 e. The third-order valence-corrected chi connectivity index (χ3v) is 3.54. The number of carbonyl (C=O) groups excluding carboxylic acids is 1. The highest BCUT2D eigenvalue weighted by molar-refractivity contribution is 6.11. The molecule has 0 spiro atoms. The lowest BCUT2D eigenvalue weighted by molar-refractivity contribution is -0.120. The van der Waals surface area contributed by atoms with Gasteiger partial charge in [-0.3, -0.25) is 4.79 Å². The first kappa shape index (κ1) is 12.0. The number of hydrogen-bond donors (Lipinski definition) is 3. The predicted molar refractivity (Wildman–Crippen MR) is 73.2 cm³/mol. The van der Waals surface area contributed by atoms with Crippen LogP contribution in [0.3, 0.4) is 0 Å². The summed E-state index contributed by atoms with van der Waals surface area (Å²) in [5, 5.41) is 7.22. The molecule has 0 bridgehead atoms. The Morgan fingerprint density at radius 3 is 3.11 bits per heavy atom. The van der Waals surface area contributed by atoms with Crippen molar-refractivity contribution >= 4 is 28.3 Å². The van der Waals surface area contributed by atoms with Gasteiger partial charge in [0.1, 0.15) is 11.2 Å². The first-order valence-electron chi connectivity index (χ1n) is 6.19. The van der Waals surface area contributed by atoms with E-state index in [0.717, 1.165) is 16.7 Å². The van der Waals surface area contributed by atoms with Crippen molar-refractivity contribution < 1.29 is 9.53 Å². The summed E-state index contributed by atoms with van der Waals surface area (Å²) in [5.74, 6) is -0.0614. The van der Waals surface area contributed by atoms with E-state index in [0.29, 0.717) is 18.7 Å². The molecule has 6 heteroatoms. The van der Waals surface area contributed by atoms with E-state index in [2.05, 4.69) is 20.6 Å². The number of nitrogens with zero attached hydrogens (tertiary/aromatic N) is 1. The number of pyridine rings is 1. The maximum Gasteiger partial charge on any atom is 0.249 e. The Morgan fingerprint density at radius 2 is 2.32 bits per heavy atom. The lowest BCUT2D eigenvalue weighted by atomic mass is 9.93. The van der Waals surface area contributed by atoms with E-state index in [1.165, 1.54) is 0 Å². The van der Waals surface area contributed by atoms with Crippen molar-refractivity contribution in [3.63, 3.8) is 0 Å². The second-order valence-electron chi connectivity index (χ2n) is 4.94. The number of hydrogen-bond acceptors (Lipinski definition) is 4. The minimum atomic E-state index is -0.672. The number of aromatic nitrogens is 2. The first-order chi connectivity index (χ1) is 9.14. The maximum atomic E-state index is 12.2. The number of anilines is 2. The van der Waals surface area contributed by atoms with Crippen LogP contribution in [0.2, 0.25) is 0 Å². The van der Waals surface area contributed by atoms with Crippen molar-refractivity contribution in [2.24, 2.45) is 0 Å². The van der Waals surface area contributed by atoms with Crippen LogP contribution >= 0.6 is 0 Å². The van der Waals surface area contributed by atoms with Crippen LogP contribution < -0.4 is 10.6 Å². The molecular weight excluding hydrogens is 244 g/mol. The molecule has 3 heterocycles. The zero-order chi connectivity index (χ0) is 13.5. The zero-order valence-corrected chi connectivity index (χ0v) is 10.9. The Labute approximate surface area is 110 Å². The van der Waals surface area contributed by atoms with E-state index < -0.39 is 5.54 Å². The summed E-state index contributed by atoms with van der Waals surface area (Å²) >= 11 is 0. The van der Waals surface area contributed by atoms with Gasteiger partial charge in [0.05, 0.1) is 17.6 Å². The highest BCUT2D eigenvalue weighted by Crippen LogP contribution is 2.36. The zero-order valence-electron chi connectivity index (χ0n) is 10.9. The van der Waals surface area contributed by atoms with Crippen molar-refractivity contribution in [2.75, 3.05) is 24.4 Å². The molecule has 19 heavy (non-hydrogen) atoms. The van der Waals surface area contributed by atoms with Gasteiger partial charge in [0, 0.05) is 31.7 Å². The lowest BCUT2D eigenvalue weighted by Crippen LogP contribution is -2.50. The predicted octanol–water partition coefficient (Wildman–Crippen LogP) is 1.72. The molecule has 1 aliphatic heterocycles. The number of H-pyrrole nitrogens is 1. The molecule has 0 saturated heterocycles. The molecule has 100 valence electrons. The largest absolute Gasteiger partial charge is 0.385 e. The molecule has 3 N–H and O–H groups in total. The average Bonchev–Trinajstić information content (AvgIpc) is 2.87. The molecular formula is C13H16N4O2. The summed E-state index contributed by atoms with van der Waals surface area (Å²) in [6.07, 6.45) is 4.10. The van der Waals surface area contributed by atoms with Gasteiger partial charge in [0.15, 0.2) is 0 Å². The molecule has 1 aliphatic rings. The van der Waals surface area contributed by atoms with Crippen LogP contribution in [0.4, 0.5) is 11.4 Å². The van der Waals surface area contributed by atoms with Crippen LogP contribution in [0.1, 0.15) is 13.3 Å². The third-order valence-electron chi connectivity index (χ3n) is 3.54. The molecule has 1 amide bonds. The van der Waals surface area contributed by atoms with Crippen LogP contribution in [0.5, 0.6) is 0 Å². The highest BCUT2D eigenvalue weighted by Gasteiger charge is 2.38. The normalized spacial score (nSPS) is 21.9. The molecule has 1 atom stereocenters. The second-order valence-corrected chi connectivity index (χ2v) is 4.94. The summed E-state index contributed by atoms with van der Waals surface area (Å²) < 4.78 is 5.08. The van der Waals surface area contributed by atoms with Gasteiger partial charge in [-0.2, -0.15) is 0 Å². The smallest absolute Gasteiger partial charge is 0.249 e. The molecule has 2 aromatic heterocycles. The average molecular weight is 260 g/mol. The number of amides is 1. The molecule has 0 fully saturated rings. The summed E-state index contributed by atoms with van der Waals surface area (Å²) in [7, 11) is 1.63. The molecule has 0 saturated carbocycles. The maximum absolute atomic E-state index is 12.2. The fourth-order valence-corrected chi connectivity index (χ4v) is 2.31. The number of ether oxygens (including phenoxy) is 1. The van der Waals surface area contributed by atoms with E-state index >= 15 is 0 Å². The molecule has 6 nitrogen and oxygen atoms in total. The first-order valence-corrected chi connectivity index (χ1v) is 6.19. The third kappa shape index (κ3) is 1.84. The van der Waals surface area contributed by atoms with Crippen LogP contribution in [0, 0.1) is 0 Å². The van der Waals surface area contributed by atoms with E-state index in [1.54, 1.807) is 13.3 Å². The minimum absolute atomic E-state index is 0.0614. The van der Waals surface area contributed by atoms with Crippen LogP contribution in [0.15, 0.2) is 18.5 Å². The Kier molecular flexibility index (Phi) is 2.67. The van der Waals surface area contributed by atoms with Crippen LogP contribution in [-0.2, 0) is 9.53 Å². The number of fused-ring (bicyclic) bond motifs is 3. The Bertz CT molecular complexity index is 637. The van der Waals surface area contributed by atoms with Gasteiger partial charge in [-0.15, -0.1) is 0 Å². The van der Waals surface area contributed by atoms with Gasteiger partial charge in [-0.25, -0.2) is 4.98 Å². The fourth-order valence-electron chi connectivity index (χ4n) is 2.31. The van der Waals surface area contributed by atoms with Crippen molar-refractivity contribution in [2.45, 2.75) is 18.9 Å². The van der Waals surface area contributed by atoms with Gasteiger partial charge in [-0.05, 0) is 13.0 Å². The summed E-state index contributed by atoms with van der Waals surface area (Å²) in [4.78, 5) is 19.5. The Balaban J connectivity index is 2.04. The van der Waals surface area contributed by atoms with Crippen molar-refractivity contribution in [3.05, 3.63) is 18.5 Å². The molecule has 0 aliphatic carbocycles. The van der Waals surface area contributed by atoms with E-state index in [1.807, 2.05) is 19.2 Å². The number of methoxy groups -OCH3 is 1. The number of carbonyl (C=O) groups is 1. The van der Waals surface area contributed by atoms with E-state index in [9.17, 15) is 4.79 Å². The van der Waals surface area contributed by atoms with Crippen molar-refractivity contribution in [3.8, 4) is 0 Å². The summed E-state index contributed by atoms with van der Waals surface area (Å²) in [5.41, 5.74) is 1.75. The van der Waals surface area contributed by atoms with Crippen LogP contribution in [0.25, 0.3) is 11.0 Å². The molecule has 0 radical (unpaired) electrons. The quantitative estimate of drug-likeness (QED) is 0.785. The Morgan fingerprint density at radius 1 is 1.47 bits per heavy atom. The summed E-state index contributed by atoms with van der Waals surface area (Å²) in [6.45, 7) is 2.40. The fraction of sp³-hybridized carbons (Fsp3) is 0.385. The summed E-state index contributed by atoms with van der Waals surface area (Å²) in [6, 6.07) is 1.95. The molecule has 0 aromatic carbocycles. The van der Waals surface area contributed by atoms with Crippen molar-refractivity contribution in [1.82, 2.24) is 9.97 Å². The van der Waals surface area contributed by atoms with Crippen molar-refractivity contribution in [1.29, 1.82) is 0 Å². The van der Waals surface area contributed by atoms with Crippen LogP contribution in [-0.4, -0.2) is 35.1 Å². The number of aromatic amines is 1. The number of rotatable bonds is 3. The van der Waals surface area contributed by atoms with Gasteiger partial charge < -0.3 is 20.4 Å². The van der Waals surface area contributed by atoms with E-state index in [4.69, 9.17) is 4.74 Å². The standard InChI is InChI=1S/C13H16N4O2/c1-13(4-6-19-2)12(18)16-9-7-15-11-8(3-5-14-11)10(9)17-13/h3,5,7,17H,4,6H2,1-2H3,(H,14,15)(H,16,18). The monoisotopic (exact) mass is 260 g/mol. The van der Waals surface area contributed by atoms with Gasteiger partial charge >= 0.3 is 0 Å². The molecule has 2 aromatic rings. The lowest BCUT2D eigenvalue weighted by Gasteiger charge is -2.35. The van der Waals surface area contributed by atoms with Gasteiger partial charge in [0.25, 0.3) is 0 Å². The molecule has 1 unspecified atom stereocenters. The topological polar surface area (TPSA) is 79.0 Å².